The van der Waals surface area contributed by atoms with Crippen LogP contribution in [0.5, 0.6) is 5.88 Å². The van der Waals surface area contributed by atoms with Gasteiger partial charge in [-0.05, 0) is 34.9 Å². The summed E-state index contributed by atoms with van der Waals surface area (Å²) < 4.78 is 47.7. The van der Waals surface area contributed by atoms with Gasteiger partial charge < -0.3 is 10.1 Å². The number of halogens is 3. The highest BCUT2D eigenvalue weighted by atomic mass is 32.1. The molecule has 3 aromatic heterocycles. The topological polar surface area (TPSA) is 81.9 Å². The van der Waals surface area contributed by atoms with Crippen molar-refractivity contribution in [3.05, 3.63) is 64.8 Å². The minimum absolute atomic E-state index is 0.142. The maximum Gasteiger partial charge on any atom is 0.434 e. The minimum Gasteiger partial charge on any atom is -0.480 e. The molecular weight excluding hydrogens is 431 g/mol. The lowest BCUT2D eigenvalue weighted by Gasteiger charge is -2.12. The van der Waals surface area contributed by atoms with Crippen LogP contribution in [0.25, 0.3) is 15.9 Å². The van der Waals surface area contributed by atoms with Crippen molar-refractivity contribution in [3.63, 3.8) is 0 Å². The third-order valence-electron chi connectivity index (χ3n) is 4.58. The molecule has 1 amide bonds. The number of benzene rings is 1. The second kappa shape index (κ2) is 8.34. The third kappa shape index (κ3) is 4.22. The highest BCUT2D eigenvalue weighted by Gasteiger charge is 2.41. The number of carbonyl (C=O) groups is 1. The van der Waals surface area contributed by atoms with Gasteiger partial charge in [0.15, 0.2) is 11.5 Å². The van der Waals surface area contributed by atoms with E-state index in [2.05, 4.69) is 20.6 Å². The molecule has 0 unspecified atom stereocenters. The molecule has 0 saturated carbocycles. The van der Waals surface area contributed by atoms with Gasteiger partial charge in [-0.3, -0.25) is 4.79 Å². The fraction of sp³-hybridized carbons (Fsp3) is 0.200. The standard InChI is InChI=1S/C20H16F3N5O2S/c1-30-17-7-6-16(26-27-17)28-18(20(21,22)23)14(10-25-28)19(29)24-9-8-12-11-31-15-5-3-2-4-13(12)15/h2-7,10-11H,8-9H2,1H3,(H,24,29). The molecule has 31 heavy (non-hydrogen) atoms. The Morgan fingerprint density at radius 2 is 2.00 bits per heavy atom. The first-order valence-corrected chi connectivity index (χ1v) is 10.0. The summed E-state index contributed by atoms with van der Waals surface area (Å²) in [5.41, 5.74) is -0.771. The van der Waals surface area contributed by atoms with Gasteiger partial charge in [0.1, 0.15) is 0 Å². The van der Waals surface area contributed by atoms with Crippen LogP contribution in [0.2, 0.25) is 0 Å². The summed E-state index contributed by atoms with van der Waals surface area (Å²) >= 11 is 1.58. The van der Waals surface area contributed by atoms with Gasteiger partial charge >= 0.3 is 6.18 Å². The maximum absolute atomic E-state index is 13.7. The van der Waals surface area contributed by atoms with E-state index in [-0.39, 0.29) is 18.2 Å². The van der Waals surface area contributed by atoms with E-state index < -0.39 is 23.3 Å². The molecule has 0 spiro atoms. The van der Waals surface area contributed by atoms with Gasteiger partial charge in [0, 0.05) is 17.3 Å². The van der Waals surface area contributed by atoms with E-state index in [1.165, 1.54) is 19.2 Å². The smallest absolute Gasteiger partial charge is 0.434 e. The summed E-state index contributed by atoms with van der Waals surface area (Å²) in [6, 6.07) is 10.5. The van der Waals surface area contributed by atoms with E-state index >= 15 is 0 Å². The van der Waals surface area contributed by atoms with Crippen molar-refractivity contribution in [1.29, 1.82) is 0 Å². The molecule has 0 saturated heterocycles. The van der Waals surface area contributed by atoms with Crippen LogP contribution in [-0.2, 0) is 12.6 Å². The number of nitrogens with one attached hydrogen (secondary N) is 1. The molecule has 7 nitrogen and oxygen atoms in total. The van der Waals surface area contributed by atoms with Crippen molar-refractivity contribution in [3.8, 4) is 11.7 Å². The Balaban J connectivity index is 1.54. The zero-order chi connectivity index (χ0) is 22.0. The lowest BCUT2D eigenvalue weighted by molar-refractivity contribution is -0.143. The van der Waals surface area contributed by atoms with Gasteiger partial charge in [-0.2, -0.15) is 18.3 Å². The normalized spacial score (nSPS) is 11.6. The van der Waals surface area contributed by atoms with E-state index in [4.69, 9.17) is 4.74 Å². The lowest BCUT2D eigenvalue weighted by atomic mass is 10.1. The van der Waals surface area contributed by atoms with Gasteiger partial charge in [-0.25, -0.2) is 4.68 Å². The Labute approximate surface area is 178 Å². The second-order valence-corrected chi connectivity index (χ2v) is 7.42. The van der Waals surface area contributed by atoms with Crippen molar-refractivity contribution >= 4 is 27.3 Å². The molecule has 0 radical (unpaired) electrons. The number of rotatable bonds is 6. The van der Waals surface area contributed by atoms with Crippen LogP contribution in [-0.4, -0.2) is 39.5 Å². The van der Waals surface area contributed by atoms with Crippen molar-refractivity contribution in [2.75, 3.05) is 13.7 Å². The maximum atomic E-state index is 13.7. The monoisotopic (exact) mass is 447 g/mol. The number of hydrogen-bond acceptors (Lipinski definition) is 6. The molecule has 4 rings (SSSR count). The molecule has 0 aliphatic carbocycles. The number of ether oxygens (including phenoxy) is 1. The summed E-state index contributed by atoms with van der Waals surface area (Å²) in [5.74, 6) is -0.903. The first-order chi connectivity index (χ1) is 14.9. The zero-order valence-corrected chi connectivity index (χ0v) is 17.0. The molecule has 0 fully saturated rings. The molecular formula is C20H16F3N5O2S. The molecule has 0 aliphatic heterocycles. The van der Waals surface area contributed by atoms with Crippen molar-refractivity contribution in [2.24, 2.45) is 0 Å². The fourth-order valence-electron chi connectivity index (χ4n) is 3.13. The number of fused-ring (bicyclic) bond motifs is 1. The molecule has 4 aromatic rings. The SMILES string of the molecule is COc1ccc(-n2ncc(C(=O)NCCc3csc4ccccc34)c2C(F)(F)F)nn1. The van der Waals surface area contributed by atoms with Crippen molar-refractivity contribution < 1.29 is 22.7 Å². The molecule has 160 valence electrons. The van der Waals surface area contributed by atoms with Gasteiger partial charge in [-0.15, -0.1) is 21.5 Å². The Morgan fingerprint density at radius 1 is 1.19 bits per heavy atom. The molecule has 0 atom stereocenters. The summed E-state index contributed by atoms with van der Waals surface area (Å²) in [6.45, 7) is 0.185. The first-order valence-electron chi connectivity index (χ1n) is 9.15. The van der Waals surface area contributed by atoms with E-state index in [0.29, 0.717) is 11.1 Å². The number of alkyl halides is 3. The molecule has 11 heteroatoms. The number of methoxy groups -OCH3 is 1. The third-order valence-corrected chi connectivity index (χ3v) is 5.59. The summed E-state index contributed by atoms with van der Waals surface area (Å²) in [6.07, 6.45) is -3.45. The Hall–Kier alpha value is -3.47. The highest BCUT2D eigenvalue weighted by molar-refractivity contribution is 7.17. The van der Waals surface area contributed by atoms with E-state index in [1.807, 2.05) is 29.6 Å². The summed E-state index contributed by atoms with van der Waals surface area (Å²) in [4.78, 5) is 12.5. The summed E-state index contributed by atoms with van der Waals surface area (Å²) in [5, 5.41) is 16.7. The van der Waals surface area contributed by atoms with Crippen LogP contribution in [0.3, 0.4) is 0 Å². The van der Waals surface area contributed by atoms with Crippen molar-refractivity contribution in [2.45, 2.75) is 12.6 Å². The fourth-order valence-corrected chi connectivity index (χ4v) is 4.13. The molecule has 1 N–H and O–H groups in total. The predicted molar refractivity (Wildman–Crippen MR) is 109 cm³/mol. The molecule has 0 bridgehead atoms. The molecule has 3 heterocycles. The number of hydrogen-bond donors (Lipinski definition) is 1. The van der Waals surface area contributed by atoms with Crippen LogP contribution in [0, 0.1) is 0 Å². The van der Waals surface area contributed by atoms with E-state index in [9.17, 15) is 18.0 Å². The van der Waals surface area contributed by atoms with Crippen LogP contribution < -0.4 is 10.1 Å². The largest absolute Gasteiger partial charge is 0.480 e. The Bertz CT molecular complexity index is 1220. The van der Waals surface area contributed by atoms with Crippen LogP contribution >= 0.6 is 11.3 Å². The zero-order valence-electron chi connectivity index (χ0n) is 16.2. The molecule has 1 aromatic carbocycles. The van der Waals surface area contributed by atoms with Crippen LogP contribution in [0.1, 0.15) is 21.6 Å². The number of thiophene rings is 1. The first kappa shape index (κ1) is 20.8. The Morgan fingerprint density at radius 3 is 2.71 bits per heavy atom. The van der Waals surface area contributed by atoms with E-state index in [0.717, 1.165) is 21.8 Å². The average Bonchev–Trinajstić information content (AvgIpc) is 3.39. The Kier molecular flexibility index (Phi) is 5.59. The average molecular weight is 447 g/mol. The van der Waals surface area contributed by atoms with E-state index in [1.54, 1.807) is 11.3 Å². The van der Waals surface area contributed by atoms with Crippen LogP contribution in [0.4, 0.5) is 13.2 Å². The number of amides is 1. The highest BCUT2D eigenvalue weighted by Crippen LogP contribution is 2.33. The quantitative estimate of drug-likeness (QED) is 0.485. The predicted octanol–water partition coefficient (Wildman–Crippen LogP) is 3.88. The van der Waals surface area contributed by atoms with Gasteiger partial charge in [0.25, 0.3) is 5.91 Å². The van der Waals surface area contributed by atoms with Crippen molar-refractivity contribution in [1.82, 2.24) is 25.3 Å². The number of aromatic nitrogens is 4. The second-order valence-electron chi connectivity index (χ2n) is 6.51. The number of carbonyl (C=O) groups excluding carboxylic acids is 1. The number of nitrogens with zero attached hydrogens (tertiary/aromatic N) is 4. The van der Waals surface area contributed by atoms with Gasteiger partial charge in [0.2, 0.25) is 5.88 Å². The van der Waals surface area contributed by atoms with Crippen LogP contribution in [0.15, 0.2) is 48.0 Å². The lowest BCUT2D eigenvalue weighted by Crippen LogP contribution is -2.28. The molecule has 0 aliphatic rings. The van der Waals surface area contributed by atoms with Gasteiger partial charge in [-0.1, -0.05) is 18.2 Å². The van der Waals surface area contributed by atoms with Gasteiger partial charge in [0.05, 0.1) is 18.9 Å². The minimum atomic E-state index is -4.83. The summed E-state index contributed by atoms with van der Waals surface area (Å²) in [7, 11) is 1.36.